The summed E-state index contributed by atoms with van der Waals surface area (Å²) >= 11 is 0. The van der Waals surface area contributed by atoms with E-state index in [4.69, 9.17) is 9.84 Å². The Morgan fingerprint density at radius 2 is 1.67 bits per heavy atom. The third-order valence-electron chi connectivity index (χ3n) is 2.25. The fourth-order valence-corrected chi connectivity index (χ4v) is 1.42. The highest BCUT2D eigenvalue weighted by molar-refractivity contribution is 5.91. The number of carbonyl (C=O) groups is 1. The summed E-state index contributed by atoms with van der Waals surface area (Å²) in [6, 6.07) is 8.84. The predicted molar refractivity (Wildman–Crippen MR) is 59.8 cm³/mol. The summed E-state index contributed by atoms with van der Waals surface area (Å²) in [6.07, 6.45) is 0. The molecule has 2 aromatic carbocycles. The van der Waals surface area contributed by atoms with Crippen molar-refractivity contribution >= 4 is 5.97 Å². The zero-order chi connectivity index (χ0) is 13.1. The molecule has 0 spiro atoms. The number of hydrogen-bond acceptors (Lipinski definition) is 2. The Labute approximate surface area is 101 Å². The molecular formula is C13H8F2O3. The first kappa shape index (κ1) is 12.0. The quantitative estimate of drug-likeness (QED) is 0.907. The van der Waals surface area contributed by atoms with Gasteiger partial charge >= 0.3 is 5.97 Å². The molecule has 2 rings (SSSR count). The zero-order valence-electron chi connectivity index (χ0n) is 9.06. The summed E-state index contributed by atoms with van der Waals surface area (Å²) in [6.45, 7) is 0. The molecule has 0 aromatic heterocycles. The molecule has 0 fully saturated rings. The predicted octanol–water partition coefficient (Wildman–Crippen LogP) is 3.46. The molecule has 0 bridgehead atoms. The maximum absolute atomic E-state index is 13.5. The number of carboxylic acids is 1. The number of ether oxygens (including phenoxy) is 1. The van der Waals surface area contributed by atoms with E-state index in [-0.39, 0.29) is 11.3 Å². The zero-order valence-corrected chi connectivity index (χ0v) is 9.06. The number of rotatable bonds is 3. The minimum Gasteiger partial charge on any atom is -0.478 e. The van der Waals surface area contributed by atoms with E-state index in [1.165, 1.54) is 30.3 Å². The lowest BCUT2D eigenvalue weighted by atomic mass is 10.2. The number of para-hydroxylation sites is 2. The van der Waals surface area contributed by atoms with Gasteiger partial charge in [-0.3, -0.25) is 0 Å². The van der Waals surface area contributed by atoms with Gasteiger partial charge in [-0.1, -0.05) is 18.2 Å². The van der Waals surface area contributed by atoms with Gasteiger partial charge in [0.2, 0.25) is 0 Å². The summed E-state index contributed by atoms with van der Waals surface area (Å²) in [5, 5.41) is 8.90. The molecule has 0 saturated heterocycles. The van der Waals surface area contributed by atoms with Gasteiger partial charge in [-0.25, -0.2) is 13.6 Å². The van der Waals surface area contributed by atoms with Crippen molar-refractivity contribution in [3.05, 3.63) is 59.7 Å². The third kappa shape index (κ3) is 2.29. The van der Waals surface area contributed by atoms with Gasteiger partial charge in [0, 0.05) is 0 Å². The molecule has 0 aliphatic rings. The smallest absolute Gasteiger partial charge is 0.339 e. The molecule has 0 heterocycles. The Morgan fingerprint density at radius 1 is 1.00 bits per heavy atom. The monoisotopic (exact) mass is 250 g/mol. The lowest BCUT2D eigenvalue weighted by molar-refractivity contribution is 0.0693. The van der Waals surface area contributed by atoms with E-state index >= 15 is 0 Å². The van der Waals surface area contributed by atoms with Crippen molar-refractivity contribution in [2.24, 2.45) is 0 Å². The molecule has 0 unspecified atom stereocenters. The second-order valence-corrected chi connectivity index (χ2v) is 3.45. The lowest BCUT2D eigenvalue weighted by Crippen LogP contribution is -2.02. The number of carboxylic acid groups (broad SMARTS) is 1. The van der Waals surface area contributed by atoms with E-state index in [0.29, 0.717) is 0 Å². The van der Waals surface area contributed by atoms with E-state index in [1.807, 2.05) is 0 Å². The fraction of sp³-hybridized carbons (Fsp3) is 0. The summed E-state index contributed by atoms with van der Waals surface area (Å²) < 4.78 is 31.9. The first-order valence-electron chi connectivity index (χ1n) is 5.04. The summed E-state index contributed by atoms with van der Waals surface area (Å²) in [7, 11) is 0. The van der Waals surface area contributed by atoms with Gasteiger partial charge in [-0.2, -0.15) is 0 Å². The summed E-state index contributed by atoms with van der Waals surface area (Å²) in [5.74, 6) is -3.64. The minimum absolute atomic E-state index is 0.231. The molecule has 0 saturated carbocycles. The van der Waals surface area contributed by atoms with Crippen LogP contribution in [-0.2, 0) is 0 Å². The minimum atomic E-state index is -1.35. The molecule has 0 aliphatic heterocycles. The maximum Gasteiger partial charge on any atom is 0.339 e. The maximum atomic E-state index is 13.5. The van der Waals surface area contributed by atoms with Crippen molar-refractivity contribution in [1.82, 2.24) is 0 Å². The van der Waals surface area contributed by atoms with Gasteiger partial charge in [0.05, 0.1) is 0 Å². The Balaban J connectivity index is 2.46. The van der Waals surface area contributed by atoms with Crippen LogP contribution in [0.3, 0.4) is 0 Å². The molecule has 0 atom stereocenters. The molecular weight excluding hydrogens is 242 g/mol. The number of benzene rings is 2. The molecule has 0 radical (unpaired) electrons. The van der Waals surface area contributed by atoms with Gasteiger partial charge in [0.1, 0.15) is 5.56 Å². The van der Waals surface area contributed by atoms with E-state index in [2.05, 4.69) is 0 Å². The summed E-state index contributed by atoms with van der Waals surface area (Å²) in [4.78, 5) is 10.9. The SMILES string of the molecule is O=C(O)c1cccc(F)c1Oc1ccccc1F. The Kier molecular flexibility index (Phi) is 3.23. The van der Waals surface area contributed by atoms with Crippen LogP contribution in [0.4, 0.5) is 8.78 Å². The highest BCUT2D eigenvalue weighted by Crippen LogP contribution is 2.29. The first-order chi connectivity index (χ1) is 8.59. The Morgan fingerprint density at radius 3 is 2.33 bits per heavy atom. The third-order valence-corrected chi connectivity index (χ3v) is 2.25. The summed E-state index contributed by atoms with van der Waals surface area (Å²) in [5.41, 5.74) is -0.363. The second-order valence-electron chi connectivity index (χ2n) is 3.45. The van der Waals surface area contributed by atoms with E-state index < -0.39 is 23.4 Å². The van der Waals surface area contributed by atoms with Crippen molar-refractivity contribution in [2.45, 2.75) is 0 Å². The Hall–Kier alpha value is -2.43. The van der Waals surface area contributed by atoms with E-state index in [9.17, 15) is 13.6 Å². The molecule has 2 aromatic rings. The standard InChI is InChI=1S/C13H8F2O3/c14-9-5-1-2-7-11(9)18-12-8(13(16)17)4-3-6-10(12)15/h1-7H,(H,16,17). The molecule has 5 heteroatoms. The van der Waals surface area contributed by atoms with E-state index in [1.54, 1.807) is 0 Å². The molecule has 3 nitrogen and oxygen atoms in total. The average molecular weight is 250 g/mol. The van der Waals surface area contributed by atoms with Crippen LogP contribution in [0.1, 0.15) is 10.4 Å². The molecule has 1 N–H and O–H groups in total. The van der Waals surface area contributed by atoms with Crippen LogP contribution in [0.2, 0.25) is 0 Å². The van der Waals surface area contributed by atoms with Crippen molar-refractivity contribution < 1.29 is 23.4 Å². The fourth-order valence-electron chi connectivity index (χ4n) is 1.42. The van der Waals surface area contributed by atoms with Crippen LogP contribution in [0.25, 0.3) is 0 Å². The largest absolute Gasteiger partial charge is 0.478 e. The van der Waals surface area contributed by atoms with Gasteiger partial charge in [-0.15, -0.1) is 0 Å². The van der Waals surface area contributed by atoms with Gasteiger partial charge < -0.3 is 9.84 Å². The molecule has 92 valence electrons. The average Bonchev–Trinajstić information content (AvgIpc) is 2.34. The normalized spacial score (nSPS) is 10.1. The highest BCUT2D eigenvalue weighted by atomic mass is 19.1. The first-order valence-corrected chi connectivity index (χ1v) is 5.04. The van der Waals surface area contributed by atoms with Crippen LogP contribution >= 0.6 is 0 Å². The second kappa shape index (κ2) is 4.83. The van der Waals surface area contributed by atoms with Crippen LogP contribution in [-0.4, -0.2) is 11.1 Å². The van der Waals surface area contributed by atoms with Crippen LogP contribution in [0, 0.1) is 11.6 Å². The number of aromatic carboxylic acids is 1. The number of hydrogen-bond donors (Lipinski definition) is 1. The van der Waals surface area contributed by atoms with Gasteiger partial charge in [-0.05, 0) is 24.3 Å². The van der Waals surface area contributed by atoms with Crippen molar-refractivity contribution in [3.8, 4) is 11.5 Å². The van der Waals surface area contributed by atoms with Crippen LogP contribution < -0.4 is 4.74 Å². The Bertz CT molecular complexity index is 597. The van der Waals surface area contributed by atoms with Crippen molar-refractivity contribution in [2.75, 3.05) is 0 Å². The van der Waals surface area contributed by atoms with Crippen LogP contribution in [0.15, 0.2) is 42.5 Å². The lowest BCUT2D eigenvalue weighted by Gasteiger charge is -2.09. The topological polar surface area (TPSA) is 46.5 Å². The highest BCUT2D eigenvalue weighted by Gasteiger charge is 2.17. The van der Waals surface area contributed by atoms with Gasteiger partial charge in [0.15, 0.2) is 23.1 Å². The number of halogens is 2. The van der Waals surface area contributed by atoms with Gasteiger partial charge in [0.25, 0.3) is 0 Å². The van der Waals surface area contributed by atoms with E-state index in [0.717, 1.165) is 12.1 Å². The molecule has 0 amide bonds. The van der Waals surface area contributed by atoms with Crippen LogP contribution in [0.5, 0.6) is 11.5 Å². The molecule has 0 aliphatic carbocycles. The molecule has 18 heavy (non-hydrogen) atoms. The van der Waals surface area contributed by atoms with Crippen molar-refractivity contribution in [1.29, 1.82) is 0 Å². The van der Waals surface area contributed by atoms with Crippen molar-refractivity contribution in [3.63, 3.8) is 0 Å².